The Hall–Kier alpha value is -1.22. The lowest BCUT2D eigenvalue weighted by Gasteiger charge is -1.98. The summed E-state index contributed by atoms with van der Waals surface area (Å²) in [6.45, 7) is 0.823. The molecule has 0 amide bonds. The lowest BCUT2D eigenvalue weighted by molar-refractivity contribution is 0.817. The van der Waals surface area contributed by atoms with Crippen LogP contribution in [0.1, 0.15) is 5.56 Å². The molecule has 1 aromatic rings. The third-order valence-electron chi connectivity index (χ3n) is 1.42. The second-order valence-electron chi connectivity index (χ2n) is 2.31. The predicted octanol–water partition coefficient (Wildman–Crippen LogP) is 2.07. The van der Waals surface area contributed by atoms with E-state index in [9.17, 15) is 0 Å². The van der Waals surface area contributed by atoms with Crippen molar-refractivity contribution in [3.8, 4) is 0 Å². The number of hydrogen-bond donors (Lipinski definition) is 2. The molecular formula is C8H11N3. The highest BCUT2D eigenvalue weighted by atomic mass is 15.0. The molecule has 0 radical (unpaired) electrons. The summed E-state index contributed by atoms with van der Waals surface area (Å²) in [4.78, 5) is 0. The Labute approximate surface area is 65.9 Å². The molecular weight excluding hydrogens is 138 g/mol. The van der Waals surface area contributed by atoms with Gasteiger partial charge in [-0.05, 0) is 24.7 Å². The third-order valence-corrected chi connectivity index (χ3v) is 1.42. The van der Waals surface area contributed by atoms with E-state index in [1.54, 1.807) is 0 Å². The van der Waals surface area contributed by atoms with E-state index in [1.165, 1.54) is 0 Å². The minimum atomic E-state index is 0.706. The smallest absolute Gasteiger partial charge is 0.0853 e. The molecule has 3 heteroatoms. The fourth-order valence-electron chi connectivity index (χ4n) is 0.940. The summed E-state index contributed by atoms with van der Waals surface area (Å²) in [5.74, 6) is 0. The minimum absolute atomic E-state index is 0.706. The van der Waals surface area contributed by atoms with Gasteiger partial charge in [-0.25, -0.2) is 5.53 Å². The molecule has 0 aliphatic carbocycles. The molecule has 0 saturated heterocycles. The highest BCUT2D eigenvalue weighted by Crippen LogP contribution is 2.12. The highest BCUT2D eigenvalue weighted by Gasteiger charge is 1.91. The van der Waals surface area contributed by atoms with E-state index in [1.807, 2.05) is 31.3 Å². The fourth-order valence-corrected chi connectivity index (χ4v) is 0.940. The SMILES string of the molecule is CNCc1cccc(N=N)c1. The molecule has 0 spiro atoms. The van der Waals surface area contributed by atoms with Gasteiger partial charge in [-0.2, -0.15) is 5.11 Å². The van der Waals surface area contributed by atoms with Crippen LogP contribution in [-0.4, -0.2) is 7.05 Å². The van der Waals surface area contributed by atoms with E-state index in [2.05, 4.69) is 10.4 Å². The summed E-state index contributed by atoms with van der Waals surface area (Å²) in [5.41, 5.74) is 8.64. The summed E-state index contributed by atoms with van der Waals surface area (Å²) in [7, 11) is 1.89. The van der Waals surface area contributed by atoms with Crippen molar-refractivity contribution in [2.45, 2.75) is 6.54 Å². The van der Waals surface area contributed by atoms with Gasteiger partial charge in [0.15, 0.2) is 0 Å². The first-order chi connectivity index (χ1) is 5.36. The molecule has 0 heterocycles. The molecule has 58 valence electrons. The first-order valence-corrected chi connectivity index (χ1v) is 3.48. The number of rotatable bonds is 3. The van der Waals surface area contributed by atoms with E-state index in [4.69, 9.17) is 5.53 Å². The van der Waals surface area contributed by atoms with Crippen LogP contribution in [0.15, 0.2) is 29.4 Å². The Balaban J connectivity index is 2.82. The van der Waals surface area contributed by atoms with E-state index in [0.717, 1.165) is 12.1 Å². The van der Waals surface area contributed by atoms with Crippen molar-refractivity contribution >= 4 is 5.69 Å². The lowest BCUT2D eigenvalue weighted by Crippen LogP contribution is -2.04. The second-order valence-corrected chi connectivity index (χ2v) is 2.31. The van der Waals surface area contributed by atoms with Crippen molar-refractivity contribution in [1.82, 2.24) is 5.32 Å². The number of hydrogen-bond acceptors (Lipinski definition) is 3. The molecule has 0 aliphatic rings. The second kappa shape index (κ2) is 3.83. The maximum absolute atomic E-state index is 6.78. The standard InChI is InChI=1S/C8H11N3/c1-10-6-7-3-2-4-8(5-7)11-9/h2-5,9-10H,6H2,1H3. The zero-order valence-electron chi connectivity index (χ0n) is 6.46. The van der Waals surface area contributed by atoms with E-state index in [0.29, 0.717) is 5.69 Å². The van der Waals surface area contributed by atoms with Crippen LogP contribution in [0.2, 0.25) is 0 Å². The van der Waals surface area contributed by atoms with Crippen LogP contribution in [-0.2, 0) is 6.54 Å². The van der Waals surface area contributed by atoms with Crippen LogP contribution in [0.25, 0.3) is 0 Å². The quantitative estimate of drug-likeness (QED) is 0.635. The molecule has 0 atom stereocenters. The van der Waals surface area contributed by atoms with E-state index >= 15 is 0 Å². The monoisotopic (exact) mass is 149 g/mol. The molecule has 0 saturated carbocycles. The van der Waals surface area contributed by atoms with E-state index in [-0.39, 0.29) is 0 Å². The zero-order chi connectivity index (χ0) is 8.10. The van der Waals surface area contributed by atoms with Gasteiger partial charge in [0.05, 0.1) is 5.69 Å². The zero-order valence-corrected chi connectivity index (χ0v) is 6.46. The summed E-state index contributed by atoms with van der Waals surface area (Å²) in [6, 6.07) is 7.61. The van der Waals surface area contributed by atoms with Gasteiger partial charge in [-0.1, -0.05) is 12.1 Å². The van der Waals surface area contributed by atoms with Crippen LogP contribution in [0, 0.1) is 5.53 Å². The average Bonchev–Trinajstić information content (AvgIpc) is 2.06. The van der Waals surface area contributed by atoms with Gasteiger partial charge in [0.1, 0.15) is 0 Å². The topological polar surface area (TPSA) is 48.2 Å². The fraction of sp³-hybridized carbons (Fsp3) is 0.250. The Bertz CT molecular complexity index is 245. The van der Waals surface area contributed by atoms with Crippen LogP contribution in [0.3, 0.4) is 0 Å². The molecule has 0 aromatic heterocycles. The van der Waals surface area contributed by atoms with Crippen molar-refractivity contribution in [2.75, 3.05) is 7.05 Å². The first-order valence-electron chi connectivity index (χ1n) is 3.48. The van der Waals surface area contributed by atoms with Gasteiger partial charge in [0.2, 0.25) is 0 Å². The normalized spacial score (nSPS) is 9.55. The first kappa shape index (κ1) is 7.88. The average molecular weight is 149 g/mol. The van der Waals surface area contributed by atoms with Crippen LogP contribution < -0.4 is 5.32 Å². The van der Waals surface area contributed by atoms with Crippen molar-refractivity contribution in [1.29, 1.82) is 5.53 Å². The Morgan fingerprint density at radius 3 is 3.00 bits per heavy atom. The Morgan fingerprint density at radius 2 is 2.36 bits per heavy atom. The molecule has 0 unspecified atom stereocenters. The van der Waals surface area contributed by atoms with Crippen LogP contribution >= 0.6 is 0 Å². The van der Waals surface area contributed by atoms with Crippen molar-refractivity contribution in [3.05, 3.63) is 29.8 Å². The predicted molar refractivity (Wildman–Crippen MR) is 44.0 cm³/mol. The molecule has 0 fully saturated rings. The summed E-state index contributed by atoms with van der Waals surface area (Å²) in [5, 5.41) is 6.37. The van der Waals surface area contributed by atoms with Gasteiger partial charge in [0, 0.05) is 6.54 Å². The van der Waals surface area contributed by atoms with Gasteiger partial charge >= 0.3 is 0 Å². The number of nitrogens with zero attached hydrogens (tertiary/aromatic N) is 1. The summed E-state index contributed by atoms with van der Waals surface area (Å²) in [6.07, 6.45) is 0. The molecule has 11 heavy (non-hydrogen) atoms. The molecule has 3 nitrogen and oxygen atoms in total. The van der Waals surface area contributed by atoms with Gasteiger partial charge < -0.3 is 5.32 Å². The van der Waals surface area contributed by atoms with Crippen molar-refractivity contribution < 1.29 is 0 Å². The largest absolute Gasteiger partial charge is 0.316 e. The molecule has 2 N–H and O–H groups in total. The molecule has 0 aliphatic heterocycles. The third kappa shape index (κ3) is 2.13. The summed E-state index contributed by atoms with van der Waals surface area (Å²) >= 11 is 0. The maximum atomic E-state index is 6.78. The van der Waals surface area contributed by atoms with Gasteiger partial charge in [-0.15, -0.1) is 0 Å². The Morgan fingerprint density at radius 1 is 1.55 bits per heavy atom. The van der Waals surface area contributed by atoms with Gasteiger partial charge in [0.25, 0.3) is 0 Å². The number of nitrogens with one attached hydrogen (secondary N) is 2. The van der Waals surface area contributed by atoms with Crippen LogP contribution in [0.4, 0.5) is 5.69 Å². The highest BCUT2D eigenvalue weighted by molar-refractivity contribution is 5.38. The van der Waals surface area contributed by atoms with Crippen molar-refractivity contribution in [3.63, 3.8) is 0 Å². The van der Waals surface area contributed by atoms with Gasteiger partial charge in [-0.3, -0.25) is 0 Å². The maximum Gasteiger partial charge on any atom is 0.0853 e. The Kier molecular flexibility index (Phi) is 2.74. The molecule has 1 aromatic carbocycles. The van der Waals surface area contributed by atoms with E-state index < -0.39 is 0 Å². The summed E-state index contributed by atoms with van der Waals surface area (Å²) < 4.78 is 0. The van der Waals surface area contributed by atoms with Crippen LogP contribution in [0.5, 0.6) is 0 Å². The van der Waals surface area contributed by atoms with Crippen molar-refractivity contribution in [2.24, 2.45) is 5.11 Å². The lowest BCUT2D eigenvalue weighted by atomic mass is 10.2. The molecule has 0 bridgehead atoms. The number of benzene rings is 1. The molecule has 1 rings (SSSR count). The minimum Gasteiger partial charge on any atom is -0.316 e.